The fraction of sp³-hybridized carbons (Fsp3) is 0.0200. The zero-order chi connectivity index (χ0) is 36.2. The fourth-order valence-electron chi connectivity index (χ4n) is 8.06. The first-order valence-corrected chi connectivity index (χ1v) is 18.3. The van der Waals surface area contributed by atoms with Crippen LogP contribution in [0.1, 0.15) is 6.92 Å². The summed E-state index contributed by atoms with van der Waals surface area (Å²) in [5, 5.41) is 9.34. The summed E-state index contributed by atoms with van der Waals surface area (Å²) in [5.74, 6) is 1.91. The lowest BCUT2D eigenvalue weighted by Crippen LogP contribution is -2.01. The number of allylic oxidation sites excluding steroid dienone is 3. The van der Waals surface area contributed by atoms with Crippen LogP contribution in [0.3, 0.4) is 0 Å². The molecule has 0 spiro atoms. The van der Waals surface area contributed by atoms with E-state index < -0.39 is 0 Å². The summed E-state index contributed by atoms with van der Waals surface area (Å²) in [6, 6.07) is 57.5. The summed E-state index contributed by atoms with van der Waals surface area (Å²) in [6.45, 7) is 6.57. The van der Waals surface area contributed by atoms with Crippen LogP contribution in [0.25, 0.3) is 105 Å². The highest BCUT2D eigenvalue weighted by Crippen LogP contribution is 2.46. The molecule has 4 heteroatoms. The predicted octanol–water partition coefficient (Wildman–Crippen LogP) is 13.2. The van der Waals surface area contributed by atoms with Crippen LogP contribution in [0.5, 0.6) is 0 Å². The zero-order valence-corrected chi connectivity index (χ0v) is 29.7. The van der Waals surface area contributed by atoms with Crippen molar-refractivity contribution in [3.05, 3.63) is 183 Å². The third-order valence-electron chi connectivity index (χ3n) is 10.4. The maximum atomic E-state index is 5.25. The minimum Gasteiger partial charge on any atom is -0.309 e. The van der Waals surface area contributed by atoms with Crippen LogP contribution in [0.15, 0.2) is 183 Å². The molecule has 8 aromatic carbocycles. The summed E-state index contributed by atoms with van der Waals surface area (Å²) < 4.78 is 2.32. The van der Waals surface area contributed by atoms with Crippen LogP contribution in [-0.4, -0.2) is 19.5 Å². The largest absolute Gasteiger partial charge is 0.309 e. The highest BCUT2D eigenvalue weighted by molar-refractivity contribution is 6.38. The summed E-state index contributed by atoms with van der Waals surface area (Å²) in [7, 11) is 0. The smallest absolute Gasteiger partial charge is 0.164 e. The van der Waals surface area contributed by atoms with Gasteiger partial charge >= 0.3 is 0 Å². The van der Waals surface area contributed by atoms with Gasteiger partial charge in [-0.25, -0.2) is 15.0 Å². The fourth-order valence-corrected chi connectivity index (χ4v) is 8.06. The SMILES string of the molecule is C=C(/C=C\C)n1c2ccccc2c2c3c4ccccc4c(-c4nc(-c5ccccc5)nc(-c5ccc(-c6ccccc6)cc5)n4)cc3c3ccccc3c21. The van der Waals surface area contributed by atoms with E-state index in [9.17, 15) is 0 Å². The maximum absolute atomic E-state index is 5.25. The van der Waals surface area contributed by atoms with Crippen molar-refractivity contribution in [2.75, 3.05) is 0 Å². The van der Waals surface area contributed by atoms with Crippen molar-refractivity contribution in [1.29, 1.82) is 0 Å². The third kappa shape index (κ3) is 5.03. The number of para-hydroxylation sites is 1. The zero-order valence-electron chi connectivity index (χ0n) is 29.7. The van der Waals surface area contributed by atoms with Crippen molar-refractivity contribution < 1.29 is 0 Å². The molecule has 0 atom stereocenters. The molecule has 0 unspecified atom stereocenters. The highest BCUT2D eigenvalue weighted by atomic mass is 15.0. The molecule has 0 aliphatic heterocycles. The molecule has 2 aromatic heterocycles. The van der Waals surface area contributed by atoms with E-state index in [1.165, 1.54) is 32.5 Å². The van der Waals surface area contributed by atoms with Crippen molar-refractivity contribution in [3.8, 4) is 45.3 Å². The summed E-state index contributed by atoms with van der Waals surface area (Å²) in [5.41, 5.74) is 8.37. The summed E-state index contributed by atoms with van der Waals surface area (Å²) in [6.07, 6.45) is 4.14. The molecule has 0 saturated heterocycles. The van der Waals surface area contributed by atoms with E-state index in [0.29, 0.717) is 17.5 Å². The molecule has 0 saturated carbocycles. The van der Waals surface area contributed by atoms with Gasteiger partial charge in [-0.2, -0.15) is 0 Å². The Morgan fingerprint density at radius 2 is 0.963 bits per heavy atom. The molecule has 4 nitrogen and oxygen atoms in total. The molecule has 10 aromatic rings. The standard InChI is InChI=1S/C50H34N4/c1-3-16-32(2)54-44-26-15-14-25-41(44)46-45-39-23-12-10-21-37(39)43(31-42(45)38-22-11-13-24-40(38)47(46)54)50-52-48(35-19-8-5-9-20-35)51-49(53-50)36-29-27-34(28-30-36)33-17-6-4-7-18-33/h3-31H,2H2,1H3/b16-3-. The van der Waals surface area contributed by atoms with Crippen molar-refractivity contribution in [2.45, 2.75) is 6.92 Å². The number of benzene rings is 8. The Morgan fingerprint density at radius 3 is 1.65 bits per heavy atom. The Morgan fingerprint density at radius 1 is 0.463 bits per heavy atom. The number of hydrogen-bond donors (Lipinski definition) is 0. The lowest BCUT2D eigenvalue weighted by Gasteiger charge is -2.16. The van der Waals surface area contributed by atoms with E-state index in [1.54, 1.807) is 0 Å². The molecule has 0 aliphatic carbocycles. The van der Waals surface area contributed by atoms with Crippen LogP contribution >= 0.6 is 0 Å². The van der Waals surface area contributed by atoms with E-state index in [4.69, 9.17) is 15.0 Å². The van der Waals surface area contributed by atoms with Crippen molar-refractivity contribution >= 4 is 59.8 Å². The lowest BCUT2D eigenvalue weighted by molar-refractivity contribution is 1.08. The molecular weight excluding hydrogens is 657 g/mol. The van der Waals surface area contributed by atoms with Gasteiger partial charge < -0.3 is 4.57 Å². The van der Waals surface area contributed by atoms with Crippen LogP contribution in [0.4, 0.5) is 0 Å². The minimum absolute atomic E-state index is 0.633. The van der Waals surface area contributed by atoms with E-state index >= 15 is 0 Å². The molecule has 0 amide bonds. The number of hydrogen-bond acceptors (Lipinski definition) is 3. The summed E-state index contributed by atoms with van der Waals surface area (Å²) in [4.78, 5) is 15.5. The predicted molar refractivity (Wildman–Crippen MR) is 227 cm³/mol. The van der Waals surface area contributed by atoms with Crippen LogP contribution in [0.2, 0.25) is 0 Å². The first kappa shape index (κ1) is 31.6. The van der Waals surface area contributed by atoms with Crippen molar-refractivity contribution in [1.82, 2.24) is 19.5 Å². The van der Waals surface area contributed by atoms with Gasteiger partial charge in [0.15, 0.2) is 17.5 Å². The van der Waals surface area contributed by atoms with E-state index in [-0.39, 0.29) is 0 Å². The van der Waals surface area contributed by atoms with Gasteiger partial charge in [-0.3, -0.25) is 0 Å². The Kier molecular flexibility index (Phi) is 7.48. The summed E-state index contributed by atoms with van der Waals surface area (Å²) >= 11 is 0. The minimum atomic E-state index is 0.633. The molecule has 10 rings (SSSR count). The average molecular weight is 691 g/mol. The second-order valence-electron chi connectivity index (χ2n) is 13.6. The Labute approximate surface area is 313 Å². The monoisotopic (exact) mass is 690 g/mol. The molecule has 0 bridgehead atoms. The van der Waals surface area contributed by atoms with Crippen LogP contribution in [0, 0.1) is 0 Å². The quantitative estimate of drug-likeness (QED) is 0.129. The van der Waals surface area contributed by atoms with E-state index in [2.05, 4.69) is 163 Å². The van der Waals surface area contributed by atoms with Gasteiger partial charge in [0.1, 0.15) is 0 Å². The molecule has 254 valence electrons. The number of nitrogens with zero attached hydrogens (tertiary/aromatic N) is 4. The van der Waals surface area contributed by atoms with Gasteiger partial charge in [0.05, 0.1) is 11.0 Å². The van der Waals surface area contributed by atoms with E-state index in [1.807, 2.05) is 31.2 Å². The number of rotatable bonds is 6. The Bertz CT molecular complexity index is 3100. The molecule has 0 N–H and O–H groups in total. The normalized spacial score (nSPS) is 11.8. The Hall–Kier alpha value is -7.17. The average Bonchev–Trinajstić information content (AvgIpc) is 3.59. The van der Waals surface area contributed by atoms with Gasteiger partial charge in [0.2, 0.25) is 0 Å². The molecule has 2 heterocycles. The number of aromatic nitrogens is 4. The third-order valence-corrected chi connectivity index (χ3v) is 10.4. The highest BCUT2D eigenvalue weighted by Gasteiger charge is 2.23. The van der Waals surface area contributed by atoms with Crippen molar-refractivity contribution in [2.24, 2.45) is 0 Å². The topological polar surface area (TPSA) is 43.6 Å². The van der Waals surface area contributed by atoms with Crippen LogP contribution < -0.4 is 0 Å². The first-order chi connectivity index (χ1) is 26.7. The first-order valence-electron chi connectivity index (χ1n) is 18.3. The second kappa shape index (κ2) is 12.8. The maximum Gasteiger partial charge on any atom is 0.164 e. The lowest BCUT2D eigenvalue weighted by atomic mass is 9.90. The van der Waals surface area contributed by atoms with Gasteiger partial charge in [0.25, 0.3) is 0 Å². The molecule has 0 aliphatic rings. The van der Waals surface area contributed by atoms with Crippen molar-refractivity contribution in [3.63, 3.8) is 0 Å². The molecule has 54 heavy (non-hydrogen) atoms. The van der Waals surface area contributed by atoms with E-state index in [0.717, 1.165) is 55.1 Å². The molecule has 0 radical (unpaired) electrons. The van der Waals surface area contributed by atoms with Gasteiger partial charge in [-0.15, -0.1) is 0 Å². The molecule has 0 fully saturated rings. The Balaban J connectivity index is 1.29. The molecular formula is C50H34N4. The van der Waals surface area contributed by atoms with Gasteiger partial charge in [-0.05, 0) is 57.8 Å². The number of fused-ring (bicyclic) bond motifs is 10. The van der Waals surface area contributed by atoms with Gasteiger partial charge in [0, 0.05) is 43.9 Å². The second-order valence-corrected chi connectivity index (χ2v) is 13.6. The van der Waals surface area contributed by atoms with Crippen LogP contribution in [-0.2, 0) is 0 Å². The van der Waals surface area contributed by atoms with Gasteiger partial charge in [-0.1, -0.05) is 164 Å².